The monoisotopic (exact) mass is 459 g/mol. The van der Waals surface area contributed by atoms with Crippen LogP contribution in [0.4, 0.5) is 5.69 Å². The Balaban J connectivity index is 1.49. The summed E-state index contributed by atoms with van der Waals surface area (Å²) >= 11 is 1.22. The van der Waals surface area contributed by atoms with Gasteiger partial charge in [-0.3, -0.25) is 4.79 Å². The van der Waals surface area contributed by atoms with Crippen LogP contribution in [0.2, 0.25) is 0 Å². The topological polar surface area (TPSA) is 77.2 Å². The van der Waals surface area contributed by atoms with E-state index in [0.717, 1.165) is 33.7 Å². The van der Waals surface area contributed by atoms with Crippen LogP contribution in [0.25, 0.3) is 0 Å². The summed E-state index contributed by atoms with van der Waals surface area (Å²) < 4.78 is 11.5. The molecule has 1 heterocycles. The summed E-state index contributed by atoms with van der Waals surface area (Å²) in [6, 6.07) is 23.3. The maximum Gasteiger partial charge on any atom is 0.277 e. The van der Waals surface area contributed by atoms with Gasteiger partial charge in [-0.25, -0.2) is 0 Å². The van der Waals surface area contributed by atoms with E-state index in [0.29, 0.717) is 11.1 Å². The van der Waals surface area contributed by atoms with Crippen molar-refractivity contribution in [2.45, 2.75) is 37.9 Å². The van der Waals surface area contributed by atoms with Gasteiger partial charge in [-0.15, -0.1) is 10.2 Å². The number of anilines is 1. The highest BCUT2D eigenvalue weighted by Gasteiger charge is 2.25. The number of ether oxygens (including phenoxy) is 1. The second kappa shape index (κ2) is 10.4. The number of aryl methyl sites for hydroxylation is 3. The van der Waals surface area contributed by atoms with Crippen molar-refractivity contribution < 1.29 is 13.9 Å². The normalized spacial score (nSPS) is 11.7. The molecule has 0 saturated heterocycles. The van der Waals surface area contributed by atoms with Gasteiger partial charge >= 0.3 is 0 Å². The number of benzene rings is 3. The maximum atomic E-state index is 13.3. The van der Waals surface area contributed by atoms with Crippen LogP contribution >= 0.6 is 11.8 Å². The molecule has 0 saturated carbocycles. The molecule has 1 atom stereocenters. The number of hydrogen-bond donors (Lipinski definition) is 1. The molecule has 0 fully saturated rings. The van der Waals surface area contributed by atoms with Crippen LogP contribution in [-0.4, -0.2) is 16.1 Å². The number of carbonyl (C=O) groups excluding carboxylic acids is 1. The molecule has 7 heteroatoms. The van der Waals surface area contributed by atoms with Crippen molar-refractivity contribution in [3.63, 3.8) is 0 Å². The first-order valence-corrected chi connectivity index (χ1v) is 11.5. The lowest BCUT2D eigenvalue weighted by Gasteiger charge is -2.16. The fourth-order valence-electron chi connectivity index (χ4n) is 3.26. The Bertz CT molecular complexity index is 1240. The van der Waals surface area contributed by atoms with Crippen molar-refractivity contribution in [1.82, 2.24) is 10.2 Å². The molecule has 0 bridgehead atoms. The minimum Gasteiger partial charge on any atom is -0.484 e. The first kappa shape index (κ1) is 22.6. The molecule has 0 aliphatic rings. The first-order valence-electron chi connectivity index (χ1n) is 10.6. The van der Waals surface area contributed by atoms with E-state index in [1.165, 1.54) is 11.8 Å². The van der Waals surface area contributed by atoms with E-state index in [2.05, 4.69) is 15.5 Å². The van der Waals surface area contributed by atoms with Gasteiger partial charge in [0.15, 0.2) is 6.61 Å². The fraction of sp³-hybridized carbons (Fsp3) is 0.192. The Hall–Kier alpha value is -3.58. The van der Waals surface area contributed by atoms with E-state index in [9.17, 15) is 4.79 Å². The van der Waals surface area contributed by atoms with Crippen molar-refractivity contribution in [1.29, 1.82) is 0 Å². The van der Waals surface area contributed by atoms with Crippen LogP contribution < -0.4 is 10.1 Å². The zero-order valence-electron chi connectivity index (χ0n) is 18.7. The average molecular weight is 460 g/mol. The molecule has 1 amide bonds. The third-order valence-corrected chi connectivity index (χ3v) is 6.10. The molecule has 33 heavy (non-hydrogen) atoms. The van der Waals surface area contributed by atoms with Crippen LogP contribution in [0, 0.1) is 20.8 Å². The molecule has 3 aromatic carbocycles. The van der Waals surface area contributed by atoms with Crippen molar-refractivity contribution in [3.05, 3.63) is 101 Å². The lowest BCUT2D eigenvalue weighted by molar-refractivity contribution is -0.115. The number of nitrogens with one attached hydrogen (secondary N) is 1. The predicted molar refractivity (Wildman–Crippen MR) is 129 cm³/mol. The van der Waals surface area contributed by atoms with E-state index in [1.54, 1.807) is 0 Å². The van der Waals surface area contributed by atoms with Gasteiger partial charge in [-0.05, 0) is 73.0 Å². The van der Waals surface area contributed by atoms with Crippen molar-refractivity contribution >= 4 is 23.4 Å². The Morgan fingerprint density at radius 1 is 0.970 bits per heavy atom. The summed E-state index contributed by atoms with van der Waals surface area (Å²) in [7, 11) is 0. The summed E-state index contributed by atoms with van der Waals surface area (Å²) in [6.07, 6.45) is 0. The number of nitrogens with zero attached hydrogens (tertiary/aromatic N) is 2. The number of thioether (sulfide) groups is 1. The van der Waals surface area contributed by atoms with Crippen LogP contribution in [-0.2, 0) is 11.4 Å². The maximum absolute atomic E-state index is 13.3. The van der Waals surface area contributed by atoms with Gasteiger partial charge in [0.25, 0.3) is 11.1 Å². The minimum absolute atomic E-state index is 0.154. The molecular formula is C26H25N3O3S. The second-order valence-corrected chi connectivity index (χ2v) is 8.84. The van der Waals surface area contributed by atoms with Crippen LogP contribution in [0.3, 0.4) is 0 Å². The molecule has 0 radical (unpaired) electrons. The second-order valence-electron chi connectivity index (χ2n) is 7.78. The number of rotatable bonds is 8. The lowest BCUT2D eigenvalue weighted by atomic mass is 10.1. The Labute approximate surface area is 197 Å². The zero-order valence-corrected chi connectivity index (χ0v) is 19.6. The molecular weight excluding hydrogens is 434 g/mol. The molecule has 0 aliphatic carbocycles. The van der Waals surface area contributed by atoms with E-state index in [-0.39, 0.29) is 12.5 Å². The molecule has 4 aromatic rings. The third-order valence-electron chi connectivity index (χ3n) is 5.01. The number of amides is 1. The van der Waals surface area contributed by atoms with Crippen LogP contribution in [0.5, 0.6) is 5.75 Å². The van der Waals surface area contributed by atoms with E-state index >= 15 is 0 Å². The Morgan fingerprint density at radius 3 is 2.55 bits per heavy atom. The van der Waals surface area contributed by atoms with Crippen molar-refractivity contribution in [2.24, 2.45) is 0 Å². The molecule has 6 nitrogen and oxygen atoms in total. The first-order chi connectivity index (χ1) is 16.0. The highest BCUT2D eigenvalue weighted by molar-refractivity contribution is 8.00. The number of hydrogen-bond acceptors (Lipinski definition) is 6. The molecule has 1 unspecified atom stereocenters. The number of aromatic nitrogens is 2. The largest absolute Gasteiger partial charge is 0.484 e. The standard InChI is InChI=1S/C26H25N3O3S/c1-17-8-7-11-21(14-17)31-16-23-28-29-26(32-23)33-24(20-9-5-4-6-10-20)25(30)27-22-15-18(2)12-13-19(22)3/h4-15,24H,16H2,1-3H3,(H,27,30). The zero-order chi connectivity index (χ0) is 23.2. The molecule has 0 aliphatic heterocycles. The van der Waals surface area contributed by atoms with Crippen LogP contribution in [0.1, 0.15) is 33.4 Å². The minimum atomic E-state index is -0.558. The Kier molecular flexibility index (Phi) is 7.10. The third kappa shape index (κ3) is 6.02. The molecule has 1 N–H and O–H groups in total. The van der Waals surface area contributed by atoms with Gasteiger partial charge in [0, 0.05) is 5.69 Å². The van der Waals surface area contributed by atoms with Crippen LogP contribution in [0.15, 0.2) is 82.4 Å². The lowest BCUT2D eigenvalue weighted by Crippen LogP contribution is -2.19. The van der Waals surface area contributed by atoms with E-state index in [4.69, 9.17) is 9.15 Å². The summed E-state index contributed by atoms with van der Waals surface area (Å²) in [5.74, 6) is 0.925. The number of carbonyl (C=O) groups is 1. The average Bonchev–Trinajstić information content (AvgIpc) is 3.27. The van der Waals surface area contributed by atoms with Gasteiger partial charge in [0.1, 0.15) is 11.0 Å². The highest BCUT2D eigenvalue weighted by Crippen LogP contribution is 2.36. The molecule has 4 rings (SSSR count). The van der Waals surface area contributed by atoms with E-state index < -0.39 is 5.25 Å². The fourth-order valence-corrected chi connectivity index (χ4v) is 4.16. The summed E-state index contributed by atoms with van der Waals surface area (Å²) in [4.78, 5) is 13.3. The predicted octanol–water partition coefficient (Wildman–Crippen LogP) is 6.05. The van der Waals surface area contributed by atoms with Gasteiger partial charge in [-0.1, -0.05) is 54.6 Å². The summed E-state index contributed by atoms with van der Waals surface area (Å²) in [5.41, 5.74) is 4.82. The molecule has 168 valence electrons. The quantitative estimate of drug-likeness (QED) is 0.323. The Morgan fingerprint density at radius 2 is 1.76 bits per heavy atom. The summed E-state index contributed by atoms with van der Waals surface area (Å²) in [5, 5.41) is 11.0. The van der Waals surface area contributed by atoms with Gasteiger partial charge in [-0.2, -0.15) is 0 Å². The van der Waals surface area contributed by atoms with Crippen molar-refractivity contribution in [2.75, 3.05) is 5.32 Å². The SMILES string of the molecule is Cc1cccc(OCc2nnc(SC(C(=O)Nc3cc(C)ccc3C)c3ccccc3)o2)c1. The van der Waals surface area contributed by atoms with Gasteiger partial charge in [0.05, 0.1) is 0 Å². The summed E-state index contributed by atoms with van der Waals surface area (Å²) in [6.45, 7) is 6.12. The smallest absolute Gasteiger partial charge is 0.277 e. The highest BCUT2D eigenvalue weighted by atomic mass is 32.2. The molecule has 0 spiro atoms. The van der Waals surface area contributed by atoms with Gasteiger partial charge in [0.2, 0.25) is 5.91 Å². The van der Waals surface area contributed by atoms with Gasteiger partial charge < -0.3 is 14.5 Å². The van der Waals surface area contributed by atoms with Crippen molar-refractivity contribution in [3.8, 4) is 5.75 Å². The van der Waals surface area contributed by atoms with E-state index in [1.807, 2.05) is 93.6 Å². The molecule has 1 aromatic heterocycles.